The number of nitrogens with zero attached hydrogens (tertiary/aromatic N) is 4. The van der Waals surface area contributed by atoms with Crippen LogP contribution in [0.2, 0.25) is 0 Å². The van der Waals surface area contributed by atoms with Crippen LogP contribution in [-0.4, -0.2) is 46.7 Å². The predicted octanol–water partition coefficient (Wildman–Crippen LogP) is 2.15. The monoisotopic (exact) mass is 507 g/mol. The lowest BCUT2D eigenvalue weighted by atomic mass is 10.2. The third-order valence-electron chi connectivity index (χ3n) is 4.45. The Balaban J connectivity index is 0.00000240. The second-order valence-electron chi connectivity index (χ2n) is 6.39. The zero-order valence-electron chi connectivity index (χ0n) is 15.8. The molecule has 10 heteroatoms. The first-order chi connectivity index (χ1) is 13.7. The molecule has 0 saturated carbocycles. The van der Waals surface area contributed by atoms with Gasteiger partial charge in [-0.3, -0.25) is 14.9 Å². The summed E-state index contributed by atoms with van der Waals surface area (Å²) in [5, 5.41) is 13.5. The van der Waals surface area contributed by atoms with Crippen LogP contribution in [0.15, 0.2) is 58.1 Å². The van der Waals surface area contributed by atoms with E-state index in [2.05, 4.69) is 30.8 Å². The fraction of sp³-hybridized carbons (Fsp3) is 0.263. The van der Waals surface area contributed by atoms with Gasteiger partial charge in [-0.2, -0.15) is 0 Å². The van der Waals surface area contributed by atoms with Gasteiger partial charge in [-0.25, -0.2) is 4.98 Å². The number of halogens is 1. The molecule has 2 aromatic heterocycles. The van der Waals surface area contributed by atoms with Gasteiger partial charge in [0.1, 0.15) is 5.82 Å². The van der Waals surface area contributed by atoms with Crippen LogP contribution in [0.3, 0.4) is 0 Å². The van der Waals surface area contributed by atoms with Crippen molar-refractivity contribution in [1.29, 1.82) is 0 Å². The van der Waals surface area contributed by atoms with E-state index in [9.17, 15) is 4.79 Å². The molecule has 3 heterocycles. The van der Waals surface area contributed by atoms with E-state index >= 15 is 0 Å². The molecule has 0 aliphatic carbocycles. The van der Waals surface area contributed by atoms with Gasteiger partial charge in [0.05, 0.1) is 18.8 Å². The molecule has 1 aliphatic rings. The van der Waals surface area contributed by atoms with E-state index in [1.165, 1.54) is 0 Å². The number of H-pyrrole nitrogens is 1. The molecule has 29 heavy (non-hydrogen) atoms. The van der Waals surface area contributed by atoms with Crippen LogP contribution >= 0.6 is 24.0 Å². The Hall–Kier alpha value is -2.89. The molecule has 1 fully saturated rings. The molecule has 3 aromatic rings. The lowest BCUT2D eigenvalue weighted by molar-refractivity contribution is -0.117. The minimum atomic E-state index is -0.0210. The number of benzene rings is 1. The summed E-state index contributed by atoms with van der Waals surface area (Å²) in [4.78, 5) is 22.7. The van der Waals surface area contributed by atoms with Crippen molar-refractivity contribution in [3.63, 3.8) is 0 Å². The number of aliphatic imine (C=N–C) groups is 1. The number of amides is 1. The fourth-order valence-electron chi connectivity index (χ4n) is 3.11. The molecule has 1 atom stereocenters. The van der Waals surface area contributed by atoms with Crippen LogP contribution in [0.25, 0.3) is 11.6 Å². The van der Waals surface area contributed by atoms with E-state index in [1.807, 2.05) is 30.3 Å². The highest BCUT2D eigenvalue weighted by Crippen LogP contribution is 2.21. The molecule has 0 spiro atoms. The standard InChI is InChI=1S/C19H21N7O2.HI/c1-20-19(21-11-16-23-18(25-24-16)15-8-5-9-28-15)22-13-10-17(27)26(12-13)14-6-3-2-4-7-14;/h2-9,13H,10-12H2,1H3,(H2,20,21,22)(H,23,24,25);1H. The number of rotatable bonds is 5. The minimum absolute atomic E-state index is 0. The molecule has 0 radical (unpaired) electrons. The molecule has 4 rings (SSSR count). The van der Waals surface area contributed by atoms with Crippen molar-refractivity contribution in [2.24, 2.45) is 4.99 Å². The zero-order chi connectivity index (χ0) is 19.3. The smallest absolute Gasteiger partial charge is 0.229 e. The Bertz CT molecular complexity index is 956. The quantitative estimate of drug-likeness (QED) is 0.277. The molecular formula is C19H22IN7O2. The Morgan fingerprint density at radius 2 is 2.14 bits per heavy atom. The number of anilines is 1. The van der Waals surface area contributed by atoms with E-state index in [1.54, 1.807) is 30.3 Å². The molecule has 152 valence electrons. The van der Waals surface area contributed by atoms with Crippen molar-refractivity contribution < 1.29 is 9.21 Å². The summed E-state index contributed by atoms with van der Waals surface area (Å²) in [6.45, 7) is 1.00. The van der Waals surface area contributed by atoms with Gasteiger partial charge in [-0.05, 0) is 24.3 Å². The third-order valence-corrected chi connectivity index (χ3v) is 4.45. The predicted molar refractivity (Wildman–Crippen MR) is 120 cm³/mol. The van der Waals surface area contributed by atoms with E-state index in [-0.39, 0.29) is 35.9 Å². The summed E-state index contributed by atoms with van der Waals surface area (Å²) in [6.07, 6.45) is 2.00. The van der Waals surface area contributed by atoms with Gasteiger partial charge < -0.3 is 20.0 Å². The van der Waals surface area contributed by atoms with Gasteiger partial charge in [-0.15, -0.1) is 29.1 Å². The van der Waals surface area contributed by atoms with Crippen LogP contribution in [0.4, 0.5) is 5.69 Å². The number of aromatic nitrogens is 3. The van der Waals surface area contributed by atoms with Crippen LogP contribution in [0, 0.1) is 0 Å². The van der Waals surface area contributed by atoms with Crippen LogP contribution < -0.4 is 15.5 Å². The van der Waals surface area contributed by atoms with E-state index in [4.69, 9.17) is 4.42 Å². The molecule has 9 nitrogen and oxygen atoms in total. The number of para-hydroxylation sites is 1. The average Bonchev–Trinajstić information content (AvgIpc) is 3.46. The first kappa shape index (κ1) is 20.8. The summed E-state index contributed by atoms with van der Waals surface area (Å²) in [5.74, 6) is 2.46. The Morgan fingerprint density at radius 3 is 2.86 bits per heavy atom. The van der Waals surface area contributed by atoms with Gasteiger partial charge in [0.15, 0.2) is 11.7 Å². The van der Waals surface area contributed by atoms with Crippen molar-refractivity contribution in [2.45, 2.75) is 19.0 Å². The van der Waals surface area contributed by atoms with Gasteiger partial charge in [0.25, 0.3) is 0 Å². The fourth-order valence-corrected chi connectivity index (χ4v) is 3.11. The maximum atomic E-state index is 12.3. The van der Waals surface area contributed by atoms with Crippen LogP contribution in [-0.2, 0) is 11.3 Å². The van der Waals surface area contributed by atoms with Gasteiger partial charge in [-0.1, -0.05) is 18.2 Å². The molecule has 1 unspecified atom stereocenters. The molecule has 1 saturated heterocycles. The van der Waals surface area contributed by atoms with E-state index < -0.39 is 0 Å². The van der Waals surface area contributed by atoms with E-state index in [0.717, 1.165) is 5.69 Å². The van der Waals surface area contributed by atoms with Crippen molar-refractivity contribution in [1.82, 2.24) is 25.8 Å². The summed E-state index contributed by atoms with van der Waals surface area (Å²) >= 11 is 0. The number of guanidine groups is 1. The van der Waals surface area contributed by atoms with Gasteiger partial charge in [0.2, 0.25) is 11.7 Å². The summed E-state index contributed by atoms with van der Waals surface area (Å²) in [5.41, 5.74) is 0.909. The number of hydrogen-bond donors (Lipinski definition) is 3. The lowest BCUT2D eigenvalue weighted by Gasteiger charge is -2.18. The molecule has 1 amide bonds. The molecule has 1 aromatic carbocycles. The maximum Gasteiger partial charge on any atom is 0.229 e. The Morgan fingerprint density at radius 1 is 1.31 bits per heavy atom. The highest BCUT2D eigenvalue weighted by atomic mass is 127. The Labute approximate surface area is 185 Å². The van der Waals surface area contributed by atoms with E-state index in [0.29, 0.717) is 42.9 Å². The average molecular weight is 507 g/mol. The normalized spacial score (nSPS) is 16.6. The highest BCUT2D eigenvalue weighted by molar-refractivity contribution is 14.0. The lowest BCUT2D eigenvalue weighted by Crippen LogP contribution is -2.44. The van der Waals surface area contributed by atoms with Crippen molar-refractivity contribution >= 4 is 41.5 Å². The number of nitrogens with one attached hydrogen (secondary N) is 3. The molecule has 3 N–H and O–H groups in total. The second-order valence-corrected chi connectivity index (χ2v) is 6.39. The van der Waals surface area contributed by atoms with Gasteiger partial charge >= 0.3 is 0 Å². The number of furan rings is 1. The number of aromatic amines is 1. The van der Waals surface area contributed by atoms with Crippen molar-refractivity contribution in [3.8, 4) is 11.6 Å². The molecule has 0 bridgehead atoms. The largest absolute Gasteiger partial charge is 0.461 e. The first-order valence-corrected chi connectivity index (χ1v) is 9.00. The van der Waals surface area contributed by atoms with Crippen molar-refractivity contribution in [2.75, 3.05) is 18.5 Å². The minimum Gasteiger partial charge on any atom is -0.461 e. The maximum absolute atomic E-state index is 12.3. The van der Waals surface area contributed by atoms with Crippen molar-refractivity contribution in [3.05, 3.63) is 54.6 Å². The SMILES string of the molecule is CN=C(NCc1nc(-c2ccco2)n[nH]1)NC1CC(=O)N(c2ccccc2)C1.I. The molecular weight excluding hydrogens is 485 g/mol. The second kappa shape index (κ2) is 9.54. The zero-order valence-corrected chi connectivity index (χ0v) is 18.2. The van der Waals surface area contributed by atoms with Crippen LogP contribution in [0.5, 0.6) is 0 Å². The first-order valence-electron chi connectivity index (χ1n) is 9.00. The van der Waals surface area contributed by atoms with Gasteiger partial charge in [0, 0.05) is 25.7 Å². The topological polar surface area (TPSA) is 111 Å². The van der Waals surface area contributed by atoms with Crippen LogP contribution in [0.1, 0.15) is 12.2 Å². The summed E-state index contributed by atoms with van der Waals surface area (Å²) in [6, 6.07) is 13.2. The Kier molecular flexibility index (Phi) is 6.86. The number of carbonyl (C=O) groups is 1. The molecule has 1 aliphatic heterocycles. The summed E-state index contributed by atoms with van der Waals surface area (Å²) in [7, 11) is 1.69. The number of hydrogen-bond acceptors (Lipinski definition) is 5. The number of carbonyl (C=O) groups excluding carboxylic acids is 1. The highest BCUT2D eigenvalue weighted by Gasteiger charge is 2.31. The summed E-state index contributed by atoms with van der Waals surface area (Å²) < 4.78 is 5.29. The third kappa shape index (κ3) is 4.94.